The Balaban J connectivity index is 2.17. The molecular formula is C17H15ClN2O3. The lowest BCUT2D eigenvalue weighted by Gasteiger charge is -2.11. The van der Waals surface area contributed by atoms with Gasteiger partial charge in [0.25, 0.3) is 5.56 Å². The van der Waals surface area contributed by atoms with E-state index in [1.54, 1.807) is 18.2 Å². The molecule has 23 heavy (non-hydrogen) atoms. The maximum atomic E-state index is 12.5. The number of ether oxygens (including phenoxy) is 1. The van der Waals surface area contributed by atoms with E-state index in [9.17, 15) is 4.79 Å². The van der Waals surface area contributed by atoms with Crippen molar-refractivity contribution in [3.05, 3.63) is 63.9 Å². The minimum Gasteiger partial charge on any atom is -0.394 e. The first kappa shape index (κ1) is 15.7. The maximum absolute atomic E-state index is 12.5. The third kappa shape index (κ3) is 3.27. The van der Waals surface area contributed by atoms with Gasteiger partial charge in [-0.25, -0.2) is 4.68 Å². The van der Waals surface area contributed by atoms with Crippen LogP contribution in [0.2, 0.25) is 5.02 Å². The number of hydrogen-bond acceptors (Lipinski definition) is 4. The van der Waals surface area contributed by atoms with Gasteiger partial charge in [-0.2, -0.15) is 5.10 Å². The highest BCUT2D eigenvalue weighted by molar-refractivity contribution is 6.30. The van der Waals surface area contributed by atoms with E-state index in [4.69, 9.17) is 21.4 Å². The number of aliphatic hydroxyl groups is 1. The lowest BCUT2D eigenvalue weighted by atomic mass is 10.1. The quantitative estimate of drug-likeness (QED) is 0.730. The molecule has 0 saturated carbocycles. The molecular weight excluding hydrogens is 316 g/mol. The maximum Gasteiger partial charge on any atom is 0.276 e. The van der Waals surface area contributed by atoms with Crippen LogP contribution in [0.15, 0.2) is 53.3 Å². The van der Waals surface area contributed by atoms with Gasteiger partial charge in [0.1, 0.15) is 6.73 Å². The Morgan fingerprint density at radius 3 is 2.48 bits per heavy atom. The van der Waals surface area contributed by atoms with Crippen molar-refractivity contribution < 1.29 is 9.84 Å². The average Bonchev–Trinajstić information content (AvgIpc) is 2.58. The zero-order valence-electron chi connectivity index (χ0n) is 12.3. The monoisotopic (exact) mass is 330 g/mol. The zero-order valence-corrected chi connectivity index (χ0v) is 13.0. The Hall–Kier alpha value is -2.21. The van der Waals surface area contributed by atoms with Gasteiger partial charge in [0.05, 0.1) is 24.3 Å². The van der Waals surface area contributed by atoms with Crippen LogP contribution in [-0.2, 0) is 11.5 Å². The average molecular weight is 331 g/mol. The van der Waals surface area contributed by atoms with E-state index in [0.29, 0.717) is 16.1 Å². The highest BCUT2D eigenvalue weighted by atomic mass is 35.5. The molecule has 1 aromatic heterocycles. The van der Waals surface area contributed by atoms with Gasteiger partial charge in [0.2, 0.25) is 0 Å². The van der Waals surface area contributed by atoms with Crippen LogP contribution < -0.4 is 5.56 Å². The largest absolute Gasteiger partial charge is 0.394 e. The highest BCUT2D eigenvalue weighted by Gasteiger charge is 2.12. The fourth-order valence-electron chi connectivity index (χ4n) is 2.36. The predicted octanol–water partition coefficient (Wildman–Crippen LogP) is 2.68. The lowest BCUT2D eigenvalue weighted by molar-refractivity contribution is 0.0398. The molecule has 6 heteroatoms. The molecule has 118 valence electrons. The summed E-state index contributed by atoms with van der Waals surface area (Å²) in [6.07, 6.45) is 0. The van der Waals surface area contributed by atoms with Crippen molar-refractivity contribution in [2.75, 3.05) is 13.2 Å². The number of aromatic nitrogens is 2. The van der Waals surface area contributed by atoms with Gasteiger partial charge < -0.3 is 9.84 Å². The molecule has 0 bridgehead atoms. The van der Waals surface area contributed by atoms with E-state index in [1.165, 1.54) is 4.68 Å². The molecule has 5 nitrogen and oxygen atoms in total. The van der Waals surface area contributed by atoms with E-state index in [1.807, 2.05) is 30.3 Å². The number of nitrogens with zero attached hydrogens (tertiary/aromatic N) is 2. The standard InChI is InChI=1S/C17H15ClN2O3/c18-13-7-5-12(6-8-13)16-14-3-1-2-4-15(14)17(22)20(19-16)11-23-10-9-21/h1-8,21H,9-11H2. The molecule has 0 amide bonds. The van der Waals surface area contributed by atoms with Gasteiger partial charge in [0, 0.05) is 16.0 Å². The van der Waals surface area contributed by atoms with Crippen LogP contribution in [0.25, 0.3) is 22.0 Å². The first-order valence-corrected chi connectivity index (χ1v) is 7.53. The van der Waals surface area contributed by atoms with Crippen molar-refractivity contribution in [3.8, 4) is 11.3 Å². The summed E-state index contributed by atoms with van der Waals surface area (Å²) < 4.78 is 6.50. The van der Waals surface area contributed by atoms with Crippen molar-refractivity contribution in [2.45, 2.75) is 6.73 Å². The molecule has 0 spiro atoms. The first-order valence-electron chi connectivity index (χ1n) is 7.15. The van der Waals surface area contributed by atoms with Gasteiger partial charge in [-0.3, -0.25) is 4.79 Å². The van der Waals surface area contributed by atoms with Gasteiger partial charge >= 0.3 is 0 Å². The van der Waals surface area contributed by atoms with Crippen LogP contribution in [0.3, 0.4) is 0 Å². The second-order valence-corrected chi connectivity index (χ2v) is 5.40. The molecule has 0 fully saturated rings. The van der Waals surface area contributed by atoms with Crippen LogP contribution in [0, 0.1) is 0 Å². The van der Waals surface area contributed by atoms with E-state index in [-0.39, 0.29) is 25.5 Å². The lowest BCUT2D eigenvalue weighted by Crippen LogP contribution is -2.25. The number of fused-ring (bicyclic) bond motifs is 1. The molecule has 3 aromatic rings. The minimum absolute atomic E-state index is 0.00911. The van der Waals surface area contributed by atoms with Crippen molar-refractivity contribution >= 4 is 22.4 Å². The van der Waals surface area contributed by atoms with E-state index in [2.05, 4.69) is 5.10 Å². The van der Waals surface area contributed by atoms with E-state index in [0.717, 1.165) is 10.9 Å². The van der Waals surface area contributed by atoms with Gasteiger partial charge in [0.15, 0.2) is 0 Å². The van der Waals surface area contributed by atoms with Crippen molar-refractivity contribution in [3.63, 3.8) is 0 Å². The summed E-state index contributed by atoms with van der Waals surface area (Å²) in [4.78, 5) is 12.5. The molecule has 1 heterocycles. The third-order valence-electron chi connectivity index (χ3n) is 3.43. The predicted molar refractivity (Wildman–Crippen MR) is 89.5 cm³/mol. The molecule has 0 saturated heterocycles. The van der Waals surface area contributed by atoms with Crippen LogP contribution in [0.5, 0.6) is 0 Å². The van der Waals surface area contributed by atoms with Crippen molar-refractivity contribution in [1.29, 1.82) is 0 Å². The zero-order chi connectivity index (χ0) is 16.2. The Labute approximate surface area is 137 Å². The molecule has 0 unspecified atom stereocenters. The minimum atomic E-state index is -0.226. The fraction of sp³-hybridized carbons (Fsp3) is 0.176. The molecule has 3 rings (SSSR count). The Kier molecular flexibility index (Phi) is 4.71. The summed E-state index contributed by atoms with van der Waals surface area (Å²) >= 11 is 5.94. The second kappa shape index (κ2) is 6.91. The van der Waals surface area contributed by atoms with Gasteiger partial charge in [-0.1, -0.05) is 41.9 Å². The number of halogens is 1. The summed E-state index contributed by atoms with van der Waals surface area (Å²) in [6, 6.07) is 14.6. The molecule has 2 aromatic carbocycles. The molecule has 0 aliphatic heterocycles. The van der Waals surface area contributed by atoms with Gasteiger partial charge in [-0.15, -0.1) is 0 Å². The third-order valence-corrected chi connectivity index (χ3v) is 3.69. The van der Waals surface area contributed by atoms with Crippen LogP contribution >= 0.6 is 11.6 Å². The number of hydrogen-bond donors (Lipinski definition) is 1. The summed E-state index contributed by atoms with van der Waals surface area (Å²) in [5.41, 5.74) is 1.32. The van der Waals surface area contributed by atoms with E-state index >= 15 is 0 Å². The fourth-order valence-corrected chi connectivity index (χ4v) is 2.49. The normalized spacial score (nSPS) is 11.0. The van der Waals surface area contributed by atoms with Gasteiger partial charge in [-0.05, 0) is 18.2 Å². The molecule has 0 atom stereocenters. The SMILES string of the molecule is O=c1c2ccccc2c(-c2ccc(Cl)cc2)nn1COCCO. The highest BCUT2D eigenvalue weighted by Crippen LogP contribution is 2.25. The smallest absolute Gasteiger partial charge is 0.276 e. The molecule has 1 N–H and O–H groups in total. The number of aliphatic hydroxyl groups excluding tert-OH is 1. The topological polar surface area (TPSA) is 64.4 Å². The Morgan fingerprint density at radius 1 is 1.09 bits per heavy atom. The second-order valence-electron chi connectivity index (χ2n) is 4.97. The first-order chi connectivity index (χ1) is 11.2. The Morgan fingerprint density at radius 2 is 1.78 bits per heavy atom. The molecule has 0 radical (unpaired) electrons. The van der Waals surface area contributed by atoms with Crippen LogP contribution in [-0.4, -0.2) is 28.1 Å². The van der Waals surface area contributed by atoms with Crippen LogP contribution in [0.1, 0.15) is 0 Å². The summed E-state index contributed by atoms with van der Waals surface area (Å²) in [5, 5.41) is 15.2. The van der Waals surface area contributed by atoms with E-state index < -0.39 is 0 Å². The number of rotatable bonds is 5. The summed E-state index contributed by atoms with van der Waals surface area (Å²) in [7, 11) is 0. The molecule has 0 aliphatic carbocycles. The Bertz CT molecular complexity index is 875. The van der Waals surface area contributed by atoms with Crippen molar-refractivity contribution in [1.82, 2.24) is 9.78 Å². The van der Waals surface area contributed by atoms with Crippen molar-refractivity contribution in [2.24, 2.45) is 0 Å². The van der Waals surface area contributed by atoms with Crippen LogP contribution in [0.4, 0.5) is 0 Å². The number of benzene rings is 2. The summed E-state index contributed by atoms with van der Waals surface area (Å²) in [6.45, 7) is 0.0361. The molecule has 0 aliphatic rings. The summed E-state index contributed by atoms with van der Waals surface area (Å²) in [5.74, 6) is 0.